The van der Waals surface area contributed by atoms with Crippen LogP contribution in [0.2, 0.25) is 0 Å². The number of carbonyl (C=O) groups is 2. The predicted molar refractivity (Wildman–Crippen MR) is 88.8 cm³/mol. The molecule has 2 amide bonds. The largest absolute Gasteiger partial charge is 0.444 e. The molecule has 1 rings (SSSR count). The number of nitrogens with zero attached hydrogens (tertiary/aromatic N) is 2. The lowest BCUT2D eigenvalue weighted by Crippen LogP contribution is -2.36. The molecule has 0 bridgehead atoms. The van der Waals surface area contributed by atoms with Crippen LogP contribution >= 0.6 is 0 Å². The molecule has 24 heavy (non-hydrogen) atoms. The zero-order valence-electron chi connectivity index (χ0n) is 14.4. The summed E-state index contributed by atoms with van der Waals surface area (Å²) in [7, 11) is 2.86. The van der Waals surface area contributed by atoms with Gasteiger partial charge in [-0.15, -0.1) is 0 Å². The second-order valence-corrected chi connectivity index (χ2v) is 6.28. The van der Waals surface area contributed by atoms with Crippen molar-refractivity contribution in [1.82, 2.24) is 14.5 Å². The third-order valence-electron chi connectivity index (χ3n) is 3.01. The maximum Gasteiger partial charge on any atom is 0.410 e. The van der Waals surface area contributed by atoms with Crippen molar-refractivity contribution < 1.29 is 14.3 Å². The normalized spacial score (nSPS) is 11.0. The van der Waals surface area contributed by atoms with Gasteiger partial charge in [-0.1, -0.05) is 0 Å². The van der Waals surface area contributed by atoms with E-state index >= 15 is 0 Å². The molecule has 10 heteroatoms. The van der Waals surface area contributed by atoms with Crippen LogP contribution in [-0.2, 0) is 16.6 Å². The van der Waals surface area contributed by atoms with Gasteiger partial charge in [0.2, 0.25) is 5.91 Å². The minimum atomic E-state index is -0.788. The summed E-state index contributed by atoms with van der Waals surface area (Å²) in [5.74, 6) is -0.682. The highest BCUT2D eigenvalue weighted by Crippen LogP contribution is 2.10. The van der Waals surface area contributed by atoms with Gasteiger partial charge in [0, 0.05) is 27.1 Å². The molecule has 0 aliphatic rings. The standard InChI is InChI=1S/C14H23N5O5/c1-14(2,3)24-13(23)18(4)7-6-8(20)16-9-10(15)19(5)12(22)17-11(9)21/h6-7,15H2,1-5H3,(H,16,20)(H,17,21,22). The van der Waals surface area contributed by atoms with Crippen LogP contribution in [0, 0.1) is 0 Å². The lowest BCUT2D eigenvalue weighted by Gasteiger charge is -2.24. The number of aromatic nitrogens is 2. The van der Waals surface area contributed by atoms with E-state index in [1.165, 1.54) is 19.0 Å². The molecule has 0 aliphatic heterocycles. The van der Waals surface area contributed by atoms with E-state index in [1.807, 2.05) is 4.98 Å². The number of hydrogen-bond donors (Lipinski definition) is 3. The molecule has 0 saturated carbocycles. The fourth-order valence-corrected chi connectivity index (χ4v) is 1.66. The molecular weight excluding hydrogens is 318 g/mol. The zero-order chi connectivity index (χ0) is 18.7. The molecule has 10 nitrogen and oxygen atoms in total. The Hall–Kier alpha value is -2.78. The van der Waals surface area contributed by atoms with E-state index in [1.54, 1.807) is 20.8 Å². The van der Waals surface area contributed by atoms with Gasteiger partial charge in [-0.05, 0) is 20.8 Å². The number of H-pyrrole nitrogens is 1. The Bertz CT molecular complexity index is 743. The van der Waals surface area contributed by atoms with E-state index in [2.05, 4.69) is 5.32 Å². The highest BCUT2D eigenvalue weighted by Gasteiger charge is 2.20. The fourth-order valence-electron chi connectivity index (χ4n) is 1.66. The first kappa shape index (κ1) is 19.3. The molecule has 0 unspecified atom stereocenters. The molecule has 0 atom stereocenters. The van der Waals surface area contributed by atoms with Crippen molar-refractivity contribution in [3.63, 3.8) is 0 Å². The Balaban J connectivity index is 2.69. The molecule has 1 aromatic rings. The maximum absolute atomic E-state index is 11.9. The van der Waals surface area contributed by atoms with Crippen LogP contribution in [0.25, 0.3) is 0 Å². The number of nitrogens with two attached hydrogens (primary N) is 1. The molecule has 0 spiro atoms. The van der Waals surface area contributed by atoms with Crippen molar-refractivity contribution in [3.8, 4) is 0 Å². The molecule has 0 radical (unpaired) electrons. The van der Waals surface area contributed by atoms with E-state index in [4.69, 9.17) is 10.5 Å². The van der Waals surface area contributed by atoms with E-state index in [9.17, 15) is 19.2 Å². The van der Waals surface area contributed by atoms with Gasteiger partial charge in [0.15, 0.2) is 0 Å². The Morgan fingerprint density at radius 3 is 2.46 bits per heavy atom. The van der Waals surface area contributed by atoms with Gasteiger partial charge in [-0.3, -0.25) is 19.1 Å². The second-order valence-electron chi connectivity index (χ2n) is 6.28. The monoisotopic (exact) mass is 341 g/mol. The molecule has 0 aromatic carbocycles. The number of rotatable bonds is 4. The number of hydrogen-bond acceptors (Lipinski definition) is 6. The van der Waals surface area contributed by atoms with Crippen molar-refractivity contribution in [3.05, 3.63) is 20.8 Å². The molecule has 0 saturated heterocycles. The summed E-state index contributed by atoms with van der Waals surface area (Å²) in [6.07, 6.45) is -0.632. The van der Waals surface area contributed by atoms with Gasteiger partial charge in [-0.2, -0.15) is 0 Å². The maximum atomic E-state index is 11.9. The number of carbonyl (C=O) groups excluding carboxylic acids is 2. The van der Waals surface area contributed by atoms with Gasteiger partial charge in [0.1, 0.15) is 17.1 Å². The van der Waals surface area contributed by atoms with Crippen LogP contribution < -0.4 is 22.3 Å². The average molecular weight is 341 g/mol. The van der Waals surface area contributed by atoms with Crippen LogP contribution in [0.4, 0.5) is 16.3 Å². The summed E-state index contributed by atoms with van der Waals surface area (Å²) >= 11 is 0. The topological polar surface area (TPSA) is 140 Å². The molecule has 1 aromatic heterocycles. The lowest BCUT2D eigenvalue weighted by atomic mass is 10.2. The van der Waals surface area contributed by atoms with E-state index in [-0.39, 0.29) is 24.5 Å². The summed E-state index contributed by atoms with van der Waals surface area (Å²) in [5, 5.41) is 2.34. The minimum Gasteiger partial charge on any atom is -0.444 e. The summed E-state index contributed by atoms with van der Waals surface area (Å²) in [5.41, 5.74) is 3.34. The number of nitrogens with one attached hydrogen (secondary N) is 2. The zero-order valence-corrected chi connectivity index (χ0v) is 14.4. The predicted octanol–water partition coefficient (Wildman–Crippen LogP) is -0.149. The van der Waals surface area contributed by atoms with Crippen LogP contribution in [0.15, 0.2) is 9.59 Å². The lowest BCUT2D eigenvalue weighted by molar-refractivity contribution is -0.116. The fraction of sp³-hybridized carbons (Fsp3) is 0.571. The first-order valence-electron chi connectivity index (χ1n) is 7.25. The SMILES string of the molecule is CN(CCC(=O)Nc1c(N)n(C)c(=O)[nH]c1=O)C(=O)OC(C)(C)C. The Kier molecular flexibility index (Phi) is 5.78. The molecule has 4 N–H and O–H groups in total. The summed E-state index contributed by atoms with van der Waals surface area (Å²) in [6, 6.07) is 0. The molecular formula is C14H23N5O5. The van der Waals surface area contributed by atoms with Crippen LogP contribution in [0.5, 0.6) is 0 Å². The van der Waals surface area contributed by atoms with Crippen LogP contribution in [-0.4, -0.2) is 45.6 Å². The van der Waals surface area contributed by atoms with Crippen molar-refractivity contribution >= 4 is 23.5 Å². The second kappa shape index (κ2) is 7.20. The van der Waals surface area contributed by atoms with Crippen LogP contribution in [0.1, 0.15) is 27.2 Å². The first-order chi connectivity index (χ1) is 10.9. The minimum absolute atomic E-state index is 0.0720. The molecule has 0 fully saturated rings. The Labute approximate surface area is 138 Å². The van der Waals surface area contributed by atoms with E-state index in [0.717, 1.165) is 4.57 Å². The first-order valence-corrected chi connectivity index (χ1v) is 7.25. The van der Waals surface area contributed by atoms with Crippen LogP contribution in [0.3, 0.4) is 0 Å². The van der Waals surface area contributed by atoms with Gasteiger partial charge >= 0.3 is 11.8 Å². The van der Waals surface area contributed by atoms with E-state index < -0.39 is 28.9 Å². The molecule has 134 valence electrons. The third-order valence-corrected chi connectivity index (χ3v) is 3.01. The van der Waals surface area contributed by atoms with Gasteiger partial charge in [0.05, 0.1) is 0 Å². The van der Waals surface area contributed by atoms with Gasteiger partial charge in [-0.25, -0.2) is 9.59 Å². The third kappa shape index (κ3) is 5.14. The number of aromatic amines is 1. The number of anilines is 2. The van der Waals surface area contributed by atoms with Crippen molar-refractivity contribution in [2.75, 3.05) is 24.6 Å². The number of nitrogen functional groups attached to an aromatic ring is 1. The van der Waals surface area contributed by atoms with E-state index in [0.29, 0.717) is 0 Å². The smallest absolute Gasteiger partial charge is 0.410 e. The highest BCUT2D eigenvalue weighted by molar-refractivity contribution is 5.93. The van der Waals surface area contributed by atoms with Crippen molar-refractivity contribution in [1.29, 1.82) is 0 Å². The average Bonchev–Trinajstić information content (AvgIpc) is 2.45. The highest BCUT2D eigenvalue weighted by atomic mass is 16.6. The van der Waals surface area contributed by atoms with Gasteiger partial charge in [0.25, 0.3) is 5.56 Å². The number of amides is 2. The van der Waals surface area contributed by atoms with Crippen molar-refractivity contribution in [2.45, 2.75) is 32.8 Å². The van der Waals surface area contributed by atoms with Crippen molar-refractivity contribution in [2.24, 2.45) is 7.05 Å². The molecule has 1 heterocycles. The summed E-state index contributed by atoms with van der Waals surface area (Å²) in [4.78, 5) is 50.1. The molecule has 0 aliphatic carbocycles. The van der Waals surface area contributed by atoms with Gasteiger partial charge < -0.3 is 20.7 Å². The summed E-state index contributed by atoms with van der Waals surface area (Å²) in [6.45, 7) is 5.30. The quantitative estimate of drug-likeness (QED) is 0.696. The number of ether oxygens (including phenoxy) is 1. The summed E-state index contributed by atoms with van der Waals surface area (Å²) < 4.78 is 6.16. The Morgan fingerprint density at radius 2 is 1.92 bits per heavy atom. The Morgan fingerprint density at radius 1 is 1.33 bits per heavy atom.